The molecule has 0 saturated heterocycles. The lowest BCUT2D eigenvalue weighted by Gasteiger charge is -2.09. The summed E-state index contributed by atoms with van der Waals surface area (Å²) in [5.74, 6) is -0.0540. The third-order valence-corrected chi connectivity index (χ3v) is 3.42. The molecule has 0 spiro atoms. The van der Waals surface area contributed by atoms with Gasteiger partial charge in [0.25, 0.3) is 5.91 Å². The smallest absolute Gasteiger partial charge is 0.253 e. The largest absolute Gasteiger partial charge is 0.351 e. The quantitative estimate of drug-likeness (QED) is 0.778. The molecule has 1 heterocycles. The predicted molar refractivity (Wildman–Crippen MR) is 101 cm³/mol. The van der Waals surface area contributed by atoms with Crippen LogP contribution in [-0.2, 0) is 0 Å². The van der Waals surface area contributed by atoms with E-state index in [1.54, 1.807) is 0 Å². The Labute approximate surface area is 150 Å². The lowest BCUT2D eigenvalue weighted by molar-refractivity contribution is 0.0953. The fraction of sp³-hybridized carbons (Fsp3) is 0.412. The van der Waals surface area contributed by atoms with Crippen molar-refractivity contribution < 1.29 is 4.79 Å². The Kier molecular flexibility index (Phi) is 9.80. The number of hydrogen-bond acceptors (Lipinski definition) is 3. The highest BCUT2D eigenvalue weighted by molar-refractivity contribution is 5.98. The van der Waals surface area contributed by atoms with Gasteiger partial charge in [0.05, 0.1) is 16.8 Å². The standard InChI is InChI=1S/C17H23N3O.2ClH/c1-4-7-18-8-9-19-17(21)15-11-14-10-12(2)5-6-16(14)20-13(15)3;;/h5-6,10-11,18H,4,7-9H2,1-3H3,(H,19,21);2*1H. The summed E-state index contributed by atoms with van der Waals surface area (Å²) in [5.41, 5.74) is 3.52. The van der Waals surface area contributed by atoms with E-state index in [0.29, 0.717) is 12.1 Å². The molecule has 1 aromatic carbocycles. The number of carbonyl (C=O) groups excluding carboxylic acids is 1. The number of pyridine rings is 1. The number of nitrogens with one attached hydrogen (secondary N) is 2. The Balaban J connectivity index is 0.00000242. The average molecular weight is 358 g/mol. The van der Waals surface area contributed by atoms with Crippen molar-refractivity contribution in [1.29, 1.82) is 0 Å². The Morgan fingerprint density at radius 3 is 2.52 bits per heavy atom. The third kappa shape index (κ3) is 5.98. The van der Waals surface area contributed by atoms with Crippen molar-refractivity contribution in [2.75, 3.05) is 19.6 Å². The van der Waals surface area contributed by atoms with Gasteiger partial charge in [-0.05, 0) is 45.0 Å². The molecule has 0 aliphatic carbocycles. The minimum absolute atomic E-state index is 0. The number of benzene rings is 1. The Morgan fingerprint density at radius 2 is 1.83 bits per heavy atom. The number of hydrogen-bond donors (Lipinski definition) is 2. The maximum atomic E-state index is 12.2. The number of fused-ring (bicyclic) bond motifs is 1. The van der Waals surface area contributed by atoms with Crippen LogP contribution in [-0.4, -0.2) is 30.5 Å². The Morgan fingerprint density at radius 1 is 1.09 bits per heavy atom. The van der Waals surface area contributed by atoms with Gasteiger partial charge in [-0.15, -0.1) is 24.8 Å². The molecule has 0 fully saturated rings. The summed E-state index contributed by atoms with van der Waals surface area (Å²) in [6.07, 6.45) is 1.10. The zero-order valence-electron chi connectivity index (χ0n) is 13.8. The number of halogens is 2. The lowest BCUT2D eigenvalue weighted by Crippen LogP contribution is -2.32. The topological polar surface area (TPSA) is 54.0 Å². The van der Waals surface area contributed by atoms with E-state index in [0.717, 1.165) is 36.1 Å². The van der Waals surface area contributed by atoms with Crippen LogP contribution in [0.25, 0.3) is 10.9 Å². The van der Waals surface area contributed by atoms with E-state index in [2.05, 4.69) is 28.6 Å². The van der Waals surface area contributed by atoms with Crippen LogP contribution in [0.5, 0.6) is 0 Å². The lowest BCUT2D eigenvalue weighted by atomic mass is 10.1. The first-order valence-electron chi connectivity index (χ1n) is 7.48. The number of aromatic nitrogens is 1. The molecule has 6 heteroatoms. The van der Waals surface area contributed by atoms with Gasteiger partial charge in [-0.2, -0.15) is 0 Å². The van der Waals surface area contributed by atoms with E-state index in [9.17, 15) is 4.79 Å². The summed E-state index contributed by atoms with van der Waals surface area (Å²) in [6, 6.07) is 8.02. The molecule has 0 bridgehead atoms. The molecule has 128 valence electrons. The van der Waals surface area contributed by atoms with Crippen molar-refractivity contribution in [2.45, 2.75) is 27.2 Å². The predicted octanol–water partition coefficient (Wildman–Crippen LogP) is 3.42. The SMILES string of the molecule is CCCNCCNC(=O)c1cc2cc(C)ccc2nc1C.Cl.Cl. The van der Waals surface area contributed by atoms with Crippen molar-refractivity contribution in [1.82, 2.24) is 15.6 Å². The molecule has 0 atom stereocenters. The highest BCUT2D eigenvalue weighted by atomic mass is 35.5. The first-order valence-corrected chi connectivity index (χ1v) is 7.48. The number of amides is 1. The average Bonchev–Trinajstić information content (AvgIpc) is 2.46. The zero-order chi connectivity index (χ0) is 15.2. The molecule has 2 aromatic rings. The number of nitrogens with zero attached hydrogens (tertiary/aromatic N) is 1. The van der Waals surface area contributed by atoms with E-state index < -0.39 is 0 Å². The van der Waals surface area contributed by atoms with Crippen LogP contribution in [0, 0.1) is 13.8 Å². The molecule has 0 aliphatic rings. The maximum absolute atomic E-state index is 12.2. The number of aryl methyl sites for hydroxylation is 2. The summed E-state index contributed by atoms with van der Waals surface area (Å²) in [4.78, 5) is 16.8. The Hall–Kier alpha value is -1.36. The van der Waals surface area contributed by atoms with Gasteiger partial charge in [0.2, 0.25) is 0 Å². The van der Waals surface area contributed by atoms with Crippen molar-refractivity contribution in [3.8, 4) is 0 Å². The monoisotopic (exact) mass is 357 g/mol. The second kappa shape index (κ2) is 10.4. The molecule has 0 unspecified atom stereocenters. The highest BCUT2D eigenvalue weighted by Gasteiger charge is 2.11. The van der Waals surface area contributed by atoms with Crippen LogP contribution in [0.1, 0.15) is 35.0 Å². The van der Waals surface area contributed by atoms with E-state index in [4.69, 9.17) is 0 Å². The fourth-order valence-corrected chi connectivity index (χ4v) is 2.28. The fourth-order valence-electron chi connectivity index (χ4n) is 2.28. The van der Waals surface area contributed by atoms with Crippen LogP contribution in [0.4, 0.5) is 0 Å². The number of carbonyl (C=O) groups is 1. The summed E-state index contributed by atoms with van der Waals surface area (Å²) >= 11 is 0. The van der Waals surface area contributed by atoms with E-state index in [1.165, 1.54) is 5.56 Å². The van der Waals surface area contributed by atoms with Gasteiger partial charge < -0.3 is 10.6 Å². The molecule has 0 saturated carbocycles. The summed E-state index contributed by atoms with van der Waals surface area (Å²) in [7, 11) is 0. The van der Waals surface area contributed by atoms with E-state index in [-0.39, 0.29) is 30.7 Å². The first kappa shape index (κ1) is 21.6. The van der Waals surface area contributed by atoms with Gasteiger partial charge in [0.15, 0.2) is 0 Å². The van der Waals surface area contributed by atoms with Crippen molar-refractivity contribution in [3.63, 3.8) is 0 Å². The van der Waals surface area contributed by atoms with Crippen LogP contribution in [0.3, 0.4) is 0 Å². The van der Waals surface area contributed by atoms with Crippen LogP contribution >= 0.6 is 24.8 Å². The van der Waals surface area contributed by atoms with Gasteiger partial charge in [-0.1, -0.05) is 18.6 Å². The van der Waals surface area contributed by atoms with Crippen LogP contribution in [0.15, 0.2) is 24.3 Å². The molecule has 2 N–H and O–H groups in total. The molecule has 1 aromatic heterocycles. The minimum Gasteiger partial charge on any atom is -0.351 e. The summed E-state index contributed by atoms with van der Waals surface area (Å²) in [6.45, 7) is 8.44. The van der Waals surface area contributed by atoms with Crippen LogP contribution < -0.4 is 10.6 Å². The van der Waals surface area contributed by atoms with Gasteiger partial charge in [0.1, 0.15) is 0 Å². The second-order valence-corrected chi connectivity index (χ2v) is 5.32. The van der Waals surface area contributed by atoms with Crippen molar-refractivity contribution in [3.05, 3.63) is 41.1 Å². The molecule has 4 nitrogen and oxygen atoms in total. The third-order valence-electron chi connectivity index (χ3n) is 3.42. The minimum atomic E-state index is -0.0540. The van der Waals surface area contributed by atoms with Gasteiger partial charge in [0, 0.05) is 18.5 Å². The number of rotatable bonds is 6. The van der Waals surface area contributed by atoms with Crippen LogP contribution in [0.2, 0.25) is 0 Å². The van der Waals surface area contributed by atoms with E-state index >= 15 is 0 Å². The van der Waals surface area contributed by atoms with Gasteiger partial charge in [-0.3, -0.25) is 9.78 Å². The second-order valence-electron chi connectivity index (χ2n) is 5.32. The van der Waals surface area contributed by atoms with Crippen molar-refractivity contribution in [2.24, 2.45) is 0 Å². The molecule has 23 heavy (non-hydrogen) atoms. The molecule has 0 radical (unpaired) electrons. The normalized spacial score (nSPS) is 9.87. The first-order chi connectivity index (χ1) is 10.1. The molecule has 2 rings (SSSR count). The molecule has 0 aliphatic heterocycles. The van der Waals surface area contributed by atoms with Crippen molar-refractivity contribution >= 4 is 41.6 Å². The van der Waals surface area contributed by atoms with E-state index in [1.807, 2.05) is 32.0 Å². The highest BCUT2D eigenvalue weighted by Crippen LogP contribution is 2.18. The molecular weight excluding hydrogens is 333 g/mol. The van der Waals surface area contributed by atoms with Gasteiger partial charge >= 0.3 is 0 Å². The molecule has 1 amide bonds. The Bertz CT molecular complexity index is 647. The summed E-state index contributed by atoms with van der Waals surface area (Å²) in [5, 5.41) is 7.21. The van der Waals surface area contributed by atoms with Gasteiger partial charge in [-0.25, -0.2) is 0 Å². The maximum Gasteiger partial charge on any atom is 0.253 e. The zero-order valence-corrected chi connectivity index (χ0v) is 15.4. The summed E-state index contributed by atoms with van der Waals surface area (Å²) < 4.78 is 0. The molecular formula is C17H25Cl2N3O.